The molecule has 1 aliphatic heterocycles. The number of aliphatic hydroxyl groups excluding tert-OH is 1. The molecule has 2 N–H and O–H groups in total. The lowest BCUT2D eigenvalue weighted by atomic mass is 9.74. The van der Waals surface area contributed by atoms with Crippen molar-refractivity contribution in [1.82, 2.24) is 5.32 Å². The fourth-order valence-electron chi connectivity index (χ4n) is 2.34. The van der Waals surface area contributed by atoms with E-state index in [-0.39, 0.29) is 12.0 Å². The fraction of sp³-hybridized carbons (Fsp3) is 0.500. The van der Waals surface area contributed by atoms with E-state index in [1.165, 1.54) is 0 Å². The summed E-state index contributed by atoms with van der Waals surface area (Å²) in [5, 5.41) is 14.3. The molecular formula is C12H15Cl2NO. The first-order chi connectivity index (χ1) is 7.68. The Balaban J connectivity index is 2.39. The Morgan fingerprint density at radius 2 is 1.94 bits per heavy atom. The molecule has 0 spiro atoms. The lowest BCUT2D eigenvalue weighted by molar-refractivity contribution is 0.158. The molecule has 0 amide bonds. The maximum absolute atomic E-state index is 9.67. The van der Waals surface area contributed by atoms with Crippen LogP contribution in [0.4, 0.5) is 0 Å². The first kappa shape index (κ1) is 12.2. The van der Waals surface area contributed by atoms with Gasteiger partial charge in [-0.05, 0) is 43.6 Å². The summed E-state index contributed by atoms with van der Waals surface area (Å²) in [4.78, 5) is 0. The van der Waals surface area contributed by atoms with Crippen molar-refractivity contribution >= 4 is 23.2 Å². The predicted molar refractivity (Wildman–Crippen MR) is 67.3 cm³/mol. The summed E-state index contributed by atoms with van der Waals surface area (Å²) in [6, 6.07) is 5.52. The highest BCUT2D eigenvalue weighted by Crippen LogP contribution is 2.38. The molecule has 0 unspecified atom stereocenters. The van der Waals surface area contributed by atoms with Crippen LogP contribution in [0.5, 0.6) is 0 Å². The van der Waals surface area contributed by atoms with E-state index in [4.69, 9.17) is 23.2 Å². The van der Waals surface area contributed by atoms with E-state index in [0.29, 0.717) is 10.0 Å². The zero-order chi connectivity index (χ0) is 11.6. The minimum atomic E-state index is -0.201. The number of aliphatic hydroxyl groups is 1. The quantitative estimate of drug-likeness (QED) is 0.856. The number of hydrogen-bond donors (Lipinski definition) is 2. The van der Waals surface area contributed by atoms with Crippen LogP contribution in [-0.2, 0) is 5.41 Å². The van der Waals surface area contributed by atoms with E-state index in [1.54, 1.807) is 6.07 Å². The van der Waals surface area contributed by atoms with Crippen molar-refractivity contribution in [3.8, 4) is 0 Å². The second-order valence-electron chi connectivity index (χ2n) is 4.31. The monoisotopic (exact) mass is 259 g/mol. The van der Waals surface area contributed by atoms with Crippen molar-refractivity contribution in [3.05, 3.63) is 33.8 Å². The van der Waals surface area contributed by atoms with E-state index in [2.05, 4.69) is 5.32 Å². The first-order valence-corrected chi connectivity index (χ1v) is 6.21. The van der Waals surface area contributed by atoms with Gasteiger partial charge in [0.1, 0.15) is 0 Å². The van der Waals surface area contributed by atoms with Gasteiger partial charge in [0.2, 0.25) is 0 Å². The van der Waals surface area contributed by atoms with Gasteiger partial charge in [-0.25, -0.2) is 0 Å². The molecule has 1 fully saturated rings. The normalized spacial score (nSPS) is 19.7. The molecule has 0 aliphatic carbocycles. The molecule has 16 heavy (non-hydrogen) atoms. The van der Waals surface area contributed by atoms with Crippen molar-refractivity contribution in [2.75, 3.05) is 19.7 Å². The number of rotatable bonds is 2. The average molecular weight is 260 g/mol. The summed E-state index contributed by atoms with van der Waals surface area (Å²) in [6.07, 6.45) is 1.82. The molecule has 0 aromatic heterocycles. The second kappa shape index (κ2) is 4.92. The molecule has 0 radical (unpaired) electrons. The number of piperidine rings is 1. The van der Waals surface area contributed by atoms with Crippen LogP contribution in [0, 0.1) is 0 Å². The Labute approximate surface area is 106 Å². The minimum absolute atomic E-state index is 0.135. The zero-order valence-electron chi connectivity index (χ0n) is 8.97. The number of halogens is 2. The standard InChI is InChI=1S/C12H15Cl2NO/c13-9-1-2-10(11(14)7-9)12(8-16)3-5-15-6-4-12/h1-2,7,15-16H,3-6,8H2. The van der Waals surface area contributed by atoms with Gasteiger partial charge in [-0.2, -0.15) is 0 Å². The Hall–Kier alpha value is -0.280. The maximum Gasteiger partial charge on any atom is 0.0529 e. The third-order valence-corrected chi connectivity index (χ3v) is 3.91. The van der Waals surface area contributed by atoms with E-state index >= 15 is 0 Å². The molecule has 0 atom stereocenters. The molecule has 1 aromatic rings. The summed E-state index contributed by atoms with van der Waals surface area (Å²) < 4.78 is 0. The van der Waals surface area contributed by atoms with Crippen LogP contribution in [0.3, 0.4) is 0 Å². The SMILES string of the molecule is OCC1(c2ccc(Cl)cc2Cl)CCNCC1. The highest BCUT2D eigenvalue weighted by atomic mass is 35.5. The second-order valence-corrected chi connectivity index (χ2v) is 5.16. The van der Waals surface area contributed by atoms with Gasteiger partial charge in [-0.3, -0.25) is 0 Å². The lowest BCUT2D eigenvalue weighted by Crippen LogP contribution is -2.42. The minimum Gasteiger partial charge on any atom is -0.395 e. The summed E-state index contributed by atoms with van der Waals surface area (Å²) in [5.41, 5.74) is 0.815. The van der Waals surface area contributed by atoms with Gasteiger partial charge in [0.05, 0.1) is 6.61 Å². The summed E-state index contributed by atoms with van der Waals surface area (Å²) in [7, 11) is 0. The molecule has 2 rings (SSSR count). The van der Waals surface area contributed by atoms with Crippen molar-refractivity contribution in [2.24, 2.45) is 0 Å². The average Bonchev–Trinajstić information content (AvgIpc) is 2.30. The van der Waals surface area contributed by atoms with E-state index in [0.717, 1.165) is 31.5 Å². The molecule has 1 aliphatic rings. The van der Waals surface area contributed by atoms with Gasteiger partial charge >= 0.3 is 0 Å². The van der Waals surface area contributed by atoms with Crippen LogP contribution in [-0.4, -0.2) is 24.8 Å². The van der Waals surface area contributed by atoms with Crippen LogP contribution < -0.4 is 5.32 Å². The molecule has 88 valence electrons. The molecule has 1 heterocycles. The topological polar surface area (TPSA) is 32.3 Å². The zero-order valence-corrected chi connectivity index (χ0v) is 10.5. The Kier molecular flexibility index (Phi) is 3.75. The smallest absolute Gasteiger partial charge is 0.0529 e. The molecule has 4 heteroatoms. The van der Waals surface area contributed by atoms with E-state index < -0.39 is 0 Å². The van der Waals surface area contributed by atoms with Gasteiger partial charge in [0.15, 0.2) is 0 Å². The number of nitrogens with one attached hydrogen (secondary N) is 1. The molecule has 1 aromatic carbocycles. The third kappa shape index (κ3) is 2.21. The van der Waals surface area contributed by atoms with Crippen LogP contribution in [0.1, 0.15) is 18.4 Å². The van der Waals surface area contributed by atoms with E-state index in [1.807, 2.05) is 12.1 Å². The Morgan fingerprint density at radius 3 is 2.50 bits per heavy atom. The van der Waals surface area contributed by atoms with Crippen molar-refractivity contribution < 1.29 is 5.11 Å². The van der Waals surface area contributed by atoms with Crippen molar-refractivity contribution in [2.45, 2.75) is 18.3 Å². The van der Waals surface area contributed by atoms with Crippen LogP contribution in [0.2, 0.25) is 10.0 Å². The van der Waals surface area contributed by atoms with Gasteiger partial charge in [0.25, 0.3) is 0 Å². The number of benzene rings is 1. The first-order valence-electron chi connectivity index (χ1n) is 5.45. The molecule has 1 saturated heterocycles. The third-order valence-electron chi connectivity index (χ3n) is 3.37. The molecule has 0 bridgehead atoms. The van der Waals surface area contributed by atoms with Crippen LogP contribution in [0.25, 0.3) is 0 Å². The highest BCUT2D eigenvalue weighted by Gasteiger charge is 2.34. The summed E-state index contributed by atoms with van der Waals surface area (Å²) >= 11 is 12.1. The van der Waals surface area contributed by atoms with Gasteiger partial charge in [-0.1, -0.05) is 29.3 Å². The van der Waals surface area contributed by atoms with Crippen molar-refractivity contribution in [3.63, 3.8) is 0 Å². The Bertz CT molecular complexity index is 375. The highest BCUT2D eigenvalue weighted by molar-refractivity contribution is 6.35. The Morgan fingerprint density at radius 1 is 1.25 bits per heavy atom. The van der Waals surface area contributed by atoms with Gasteiger partial charge < -0.3 is 10.4 Å². The van der Waals surface area contributed by atoms with E-state index in [9.17, 15) is 5.11 Å². The van der Waals surface area contributed by atoms with Gasteiger partial charge in [-0.15, -0.1) is 0 Å². The van der Waals surface area contributed by atoms with Crippen molar-refractivity contribution in [1.29, 1.82) is 0 Å². The molecule has 0 saturated carbocycles. The maximum atomic E-state index is 9.67. The largest absolute Gasteiger partial charge is 0.395 e. The van der Waals surface area contributed by atoms with Crippen LogP contribution in [0.15, 0.2) is 18.2 Å². The summed E-state index contributed by atoms with van der Waals surface area (Å²) in [5.74, 6) is 0. The van der Waals surface area contributed by atoms with Crippen LogP contribution >= 0.6 is 23.2 Å². The number of hydrogen-bond acceptors (Lipinski definition) is 2. The van der Waals surface area contributed by atoms with Gasteiger partial charge in [0, 0.05) is 15.5 Å². The summed E-state index contributed by atoms with van der Waals surface area (Å²) in [6.45, 7) is 1.97. The molecule has 2 nitrogen and oxygen atoms in total. The lowest BCUT2D eigenvalue weighted by Gasteiger charge is -2.37. The fourth-order valence-corrected chi connectivity index (χ4v) is 2.95. The molecular weight excluding hydrogens is 245 g/mol. The predicted octanol–water partition coefficient (Wildman–Crippen LogP) is 2.61.